The number of aliphatic hydroxyl groups excluding tert-OH is 1. The summed E-state index contributed by atoms with van der Waals surface area (Å²) in [5.74, 6) is -0.164. The molecule has 3 heterocycles. The normalized spacial score (nSPS) is 22.1. The summed E-state index contributed by atoms with van der Waals surface area (Å²) in [5, 5.41) is 13.8. The van der Waals surface area contributed by atoms with Gasteiger partial charge in [-0.15, -0.1) is 0 Å². The highest BCUT2D eigenvalue weighted by atomic mass is 16.5. The van der Waals surface area contributed by atoms with Crippen molar-refractivity contribution in [3.63, 3.8) is 0 Å². The fourth-order valence-electron chi connectivity index (χ4n) is 2.53. The van der Waals surface area contributed by atoms with Gasteiger partial charge in [-0.05, 0) is 24.1 Å². The van der Waals surface area contributed by atoms with Gasteiger partial charge >= 0.3 is 0 Å². The molecule has 1 N–H and O–H groups in total. The average Bonchev–Trinajstić information content (AvgIpc) is 3.10. The lowest BCUT2D eigenvalue weighted by molar-refractivity contribution is 0.0754. The zero-order valence-corrected chi connectivity index (χ0v) is 10.8. The van der Waals surface area contributed by atoms with Gasteiger partial charge < -0.3 is 14.5 Å². The Kier molecular flexibility index (Phi) is 3.47. The molecule has 20 heavy (non-hydrogen) atoms. The number of rotatable bonds is 3. The number of aliphatic hydroxyl groups is 1. The fourth-order valence-corrected chi connectivity index (χ4v) is 2.53. The molecule has 0 bridgehead atoms. The maximum Gasteiger partial charge on any atom is 0.276 e. The molecule has 0 unspecified atom stereocenters. The summed E-state index contributed by atoms with van der Waals surface area (Å²) in [6.45, 7) is 0.858. The highest BCUT2D eigenvalue weighted by Gasteiger charge is 2.35. The van der Waals surface area contributed by atoms with Crippen LogP contribution in [0.5, 0.6) is 0 Å². The van der Waals surface area contributed by atoms with Gasteiger partial charge in [-0.2, -0.15) is 0 Å². The minimum atomic E-state index is -0.515. The molecular formula is C14H15N3O3. The van der Waals surface area contributed by atoms with Gasteiger partial charge in [0.15, 0.2) is 5.69 Å². The Morgan fingerprint density at radius 2 is 2.15 bits per heavy atom. The van der Waals surface area contributed by atoms with E-state index in [0.717, 1.165) is 12.0 Å². The number of amides is 1. The first kappa shape index (κ1) is 12.8. The molecule has 6 nitrogen and oxygen atoms in total. The fraction of sp³-hybridized carbons (Fsp3) is 0.357. The molecule has 1 aliphatic rings. The van der Waals surface area contributed by atoms with Gasteiger partial charge in [-0.1, -0.05) is 5.16 Å². The van der Waals surface area contributed by atoms with Crippen molar-refractivity contribution >= 4 is 5.91 Å². The Hall–Kier alpha value is -2.21. The zero-order chi connectivity index (χ0) is 13.9. The van der Waals surface area contributed by atoms with Crippen molar-refractivity contribution in [2.24, 2.45) is 5.92 Å². The van der Waals surface area contributed by atoms with Crippen LogP contribution in [0.3, 0.4) is 0 Å². The van der Waals surface area contributed by atoms with Crippen LogP contribution in [0.4, 0.5) is 0 Å². The highest BCUT2D eigenvalue weighted by molar-refractivity contribution is 5.92. The summed E-state index contributed by atoms with van der Waals surface area (Å²) >= 11 is 0. The standard InChI is InChI=1S/C14H15N3O3/c18-13-9-17(14(19)12-3-6-20-16-12)8-11(13)7-10-1-4-15-5-2-10/h1-6,11,13,18H,7-9H2/t11-,13+/m1/s1. The molecule has 0 spiro atoms. The molecular weight excluding hydrogens is 258 g/mol. The lowest BCUT2D eigenvalue weighted by atomic mass is 9.97. The lowest BCUT2D eigenvalue weighted by Gasteiger charge is -2.14. The molecule has 0 radical (unpaired) electrons. The Morgan fingerprint density at radius 1 is 1.35 bits per heavy atom. The van der Waals surface area contributed by atoms with Gasteiger partial charge in [0.25, 0.3) is 5.91 Å². The minimum absolute atomic E-state index is 0.0354. The van der Waals surface area contributed by atoms with E-state index in [0.29, 0.717) is 13.1 Å². The Balaban J connectivity index is 1.66. The minimum Gasteiger partial charge on any atom is -0.391 e. The van der Waals surface area contributed by atoms with E-state index in [4.69, 9.17) is 0 Å². The molecule has 2 aromatic rings. The van der Waals surface area contributed by atoms with E-state index < -0.39 is 6.10 Å². The lowest BCUT2D eigenvalue weighted by Crippen LogP contribution is -2.29. The zero-order valence-electron chi connectivity index (χ0n) is 10.8. The number of hydrogen-bond donors (Lipinski definition) is 1. The van der Waals surface area contributed by atoms with E-state index in [9.17, 15) is 9.90 Å². The second-order valence-corrected chi connectivity index (χ2v) is 4.98. The van der Waals surface area contributed by atoms with E-state index in [1.165, 1.54) is 12.3 Å². The van der Waals surface area contributed by atoms with E-state index in [-0.39, 0.29) is 17.5 Å². The molecule has 0 saturated carbocycles. The van der Waals surface area contributed by atoms with E-state index in [1.807, 2.05) is 12.1 Å². The Bertz CT molecular complexity index is 571. The van der Waals surface area contributed by atoms with Crippen LogP contribution < -0.4 is 0 Å². The van der Waals surface area contributed by atoms with Crippen molar-refractivity contribution in [3.05, 3.63) is 48.1 Å². The number of hydrogen-bond acceptors (Lipinski definition) is 5. The van der Waals surface area contributed by atoms with Gasteiger partial charge in [0.05, 0.1) is 6.10 Å². The van der Waals surface area contributed by atoms with Crippen molar-refractivity contribution < 1.29 is 14.4 Å². The third-order valence-corrected chi connectivity index (χ3v) is 3.60. The molecule has 0 aliphatic carbocycles. The molecule has 104 valence electrons. The maximum atomic E-state index is 12.1. The van der Waals surface area contributed by atoms with Gasteiger partial charge in [-0.3, -0.25) is 9.78 Å². The molecule has 1 fully saturated rings. The van der Waals surface area contributed by atoms with Gasteiger partial charge in [0.2, 0.25) is 0 Å². The van der Waals surface area contributed by atoms with Crippen LogP contribution in [0.1, 0.15) is 16.1 Å². The predicted molar refractivity (Wildman–Crippen MR) is 69.8 cm³/mol. The Labute approximate surface area is 116 Å². The van der Waals surface area contributed by atoms with E-state index in [2.05, 4.69) is 14.7 Å². The van der Waals surface area contributed by atoms with Crippen molar-refractivity contribution in [2.45, 2.75) is 12.5 Å². The van der Waals surface area contributed by atoms with Crippen molar-refractivity contribution in [2.75, 3.05) is 13.1 Å². The molecule has 2 aromatic heterocycles. The molecule has 0 aromatic carbocycles. The number of likely N-dealkylation sites (tertiary alicyclic amines) is 1. The first-order valence-corrected chi connectivity index (χ1v) is 6.50. The topological polar surface area (TPSA) is 79.5 Å². The molecule has 2 atom stereocenters. The van der Waals surface area contributed by atoms with E-state index >= 15 is 0 Å². The first-order chi connectivity index (χ1) is 9.74. The molecule has 3 rings (SSSR count). The van der Waals surface area contributed by atoms with Crippen LogP contribution in [0.25, 0.3) is 0 Å². The van der Waals surface area contributed by atoms with Crippen LogP contribution in [0.2, 0.25) is 0 Å². The maximum absolute atomic E-state index is 12.1. The van der Waals surface area contributed by atoms with Gasteiger partial charge in [0.1, 0.15) is 6.26 Å². The molecule has 1 amide bonds. The van der Waals surface area contributed by atoms with Gasteiger partial charge in [0, 0.05) is 37.5 Å². The second-order valence-electron chi connectivity index (χ2n) is 4.98. The van der Waals surface area contributed by atoms with Crippen LogP contribution in [0.15, 0.2) is 41.4 Å². The number of carbonyl (C=O) groups excluding carboxylic acids is 1. The molecule has 6 heteroatoms. The Morgan fingerprint density at radius 3 is 2.85 bits per heavy atom. The first-order valence-electron chi connectivity index (χ1n) is 6.50. The summed E-state index contributed by atoms with van der Waals surface area (Å²) < 4.78 is 4.68. The number of β-amino-alcohol motifs (C(OH)–C–C–N with tert-alkyl or cyclic N) is 1. The van der Waals surface area contributed by atoms with Crippen LogP contribution in [-0.2, 0) is 6.42 Å². The van der Waals surface area contributed by atoms with Crippen molar-refractivity contribution in [1.82, 2.24) is 15.0 Å². The third-order valence-electron chi connectivity index (χ3n) is 3.60. The average molecular weight is 273 g/mol. The van der Waals surface area contributed by atoms with Gasteiger partial charge in [-0.25, -0.2) is 0 Å². The van der Waals surface area contributed by atoms with Crippen molar-refractivity contribution in [3.8, 4) is 0 Å². The molecule has 1 aliphatic heterocycles. The summed E-state index contributed by atoms with van der Waals surface area (Å²) in [6.07, 6.45) is 5.05. The summed E-state index contributed by atoms with van der Waals surface area (Å²) in [5.41, 5.74) is 1.39. The largest absolute Gasteiger partial charge is 0.391 e. The molecule has 1 saturated heterocycles. The quantitative estimate of drug-likeness (QED) is 0.892. The summed E-state index contributed by atoms with van der Waals surface area (Å²) in [6, 6.07) is 5.38. The van der Waals surface area contributed by atoms with Crippen LogP contribution in [-0.4, -0.2) is 45.2 Å². The highest BCUT2D eigenvalue weighted by Crippen LogP contribution is 2.22. The number of pyridine rings is 1. The van der Waals surface area contributed by atoms with Crippen molar-refractivity contribution in [1.29, 1.82) is 0 Å². The number of carbonyl (C=O) groups is 1. The third kappa shape index (κ3) is 2.55. The summed E-state index contributed by atoms with van der Waals surface area (Å²) in [4.78, 5) is 17.7. The number of aromatic nitrogens is 2. The number of nitrogens with zero attached hydrogens (tertiary/aromatic N) is 3. The van der Waals surface area contributed by atoms with Crippen LogP contribution >= 0.6 is 0 Å². The van der Waals surface area contributed by atoms with Crippen LogP contribution in [0, 0.1) is 5.92 Å². The monoisotopic (exact) mass is 273 g/mol. The van der Waals surface area contributed by atoms with E-state index in [1.54, 1.807) is 17.3 Å². The second kappa shape index (κ2) is 5.42. The smallest absolute Gasteiger partial charge is 0.276 e. The summed E-state index contributed by atoms with van der Waals surface area (Å²) in [7, 11) is 0. The SMILES string of the molecule is O=C(c1ccon1)N1C[C@@H](Cc2ccncc2)[C@@H](O)C1. The predicted octanol–water partition coefficient (Wildman–Crippen LogP) is 0.745.